The Balaban J connectivity index is 2.47. The SMILES string of the molecule is CCc1cc(NCCCC(N)=O)nc(C)n1. The highest BCUT2D eigenvalue weighted by molar-refractivity contribution is 5.73. The number of rotatable bonds is 6. The van der Waals surface area contributed by atoms with Gasteiger partial charge in [-0.2, -0.15) is 0 Å². The van der Waals surface area contributed by atoms with E-state index in [-0.39, 0.29) is 5.91 Å². The van der Waals surface area contributed by atoms with Crippen molar-refractivity contribution in [2.45, 2.75) is 33.1 Å². The molecule has 5 nitrogen and oxygen atoms in total. The van der Waals surface area contributed by atoms with Gasteiger partial charge in [-0.3, -0.25) is 4.79 Å². The number of aromatic nitrogens is 2. The Morgan fingerprint density at radius 1 is 1.50 bits per heavy atom. The molecule has 1 rings (SSSR count). The van der Waals surface area contributed by atoms with Crippen molar-refractivity contribution < 1.29 is 4.79 Å². The van der Waals surface area contributed by atoms with Crippen LogP contribution >= 0.6 is 0 Å². The number of hydrogen-bond donors (Lipinski definition) is 2. The molecule has 0 spiro atoms. The molecule has 5 heteroatoms. The molecule has 88 valence electrons. The minimum absolute atomic E-state index is 0.269. The Labute approximate surface area is 95.5 Å². The third kappa shape index (κ3) is 4.25. The topological polar surface area (TPSA) is 80.9 Å². The van der Waals surface area contributed by atoms with Gasteiger partial charge in [0.25, 0.3) is 0 Å². The van der Waals surface area contributed by atoms with Crippen molar-refractivity contribution in [1.29, 1.82) is 0 Å². The Kier molecular flexibility index (Phi) is 4.69. The smallest absolute Gasteiger partial charge is 0.217 e. The van der Waals surface area contributed by atoms with Crippen molar-refractivity contribution in [2.24, 2.45) is 5.73 Å². The first kappa shape index (κ1) is 12.4. The van der Waals surface area contributed by atoms with Gasteiger partial charge in [0.05, 0.1) is 0 Å². The van der Waals surface area contributed by atoms with E-state index in [9.17, 15) is 4.79 Å². The second kappa shape index (κ2) is 6.05. The second-order valence-corrected chi connectivity index (χ2v) is 3.64. The molecule has 1 aromatic heterocycles. The zero-order valence-corrected chi connectivity index (χ0v) is 9.79. The lowest BCUT2D eigenvalue weighted by atomic mass is 10.3. The Hall–Kier alpha value is -1.65. The molecule has 0 aliphatic carbocycles. The van der Waals surface area contributed by atoms with Crippen molar-refractivity contribution in [2.75, 3.05) is 11.9 Å². The van der Waals surface area contributed by atoms with Crippen molar-refractivity contribution in [1.82, 2.24) is 9.97 Å². The molecule has 0 saturated heterocycles. The van der Waals surface area contributed by atoms with Gasteiger partial charge in [-0.1, -0.05) is 6.92 Å². The van der Waals surface area contributed by atoms with Crippen LogP contribution in [0, 0.1) is 6.92 Å². The highest BCUT2D eigenvalue weighted by Gasteiger charge is 2.00. The van der Waals surface area contributed by atoms with Crippen LogP contribution in [0.25, 0.3) is 0 Å². The van der Waals surface area contributed by atoms with Crippen LogP contribution < -0.4 is 11.1 Å². The summed E-state index contributed by atoms with van der Waals surface area (Å²) in [4.78, 5) is 19.1. The second-order valence-electron chi connectivity index (χ2n) is 3.64. The fourth-order valence-electron chi connectivity index (χ4n) is 1.38. The van der Waals surface area contributed by atoms with E-state index >= 15 is 0 Å². The van der Waals surface area contributed by atoms with E-state index in [4.69, 9.17) is 5.73 Å². The van der Waals surface area contributed by atoms with Crippen molar-refractivity contribution >= 4 is 11.7 Å². The number of nitrogens with zero attached hydrogens (tertiary/aromatic N) is 2. The summed E-state index contributed by atoms with van der Waals surface area (Å²) in [5.74, 6) is 1.31. The molecule has 3 N–H and O–H groups in total. The fourth-order valence-corrected chi connectivity index (χ4v) is 1.38. The molecule has 0 aliphatic rings. The van der Waals surface area contributed by atoms with Gasteiger partial charge in [0, 0.05) is 24.7 Å². The molecule has 0 atom stereocenters. The number of aryl methyl sites for hydroxylation is 2. The predicted octanol–water partition coefficient (Wildman–Crippen LogP) is 1.02. The van der Waals surface area contributed by atoms with E-state index in [0.29, 0.717) is 13.0 Å². The van der Waals surface area contributed by atoms with Gasteiger partial charge in [0.2, 0.25) is 5.91 Å². The molecule has 0 saturated carbocycles. The molecule has 1 amide bonds. The van der Waals surface area contributed by atoms with Gasteiger partial charge in [-0.05, 0) is 19.8 Å². The van der Waals surface area contributed by atoms with E-state index in [2.05, 4.69) is 22.2 Å². The van der Waals surface area contributed by atoms with Crippen LogP contribution in [0.4, 0.5) is 5.82 Å². The average Bonchev–Trinajstić information content (AvgIpc) is 2.23. The van der Waals surface area contributed by atoms with Crippen molar-refractivity contribution in [3.63, 3.8) is 0 Å². The van der Waals surface area contributed by atoms with Crippen molar-refractivity contribution in [3.8, 4) is 0 Å². The number of amides is 1. The maximum atomic E-state index is 10.5. The molecule has 0 unspecified atom stereocenters. The number of nitrogens with one attached hydrogen (secondary N) is 1. The molecule has 0 aliphatic heterocycles. The molecule has 16 heavy (non-hydrogen) atoms. The minimum atomic E-state index is -0.269. The Morgan fingerprint density at radius 2 is 2.25 bits per heavy atom. The van der Waals surface area contributed by atoms with Gasteiger partial charge >= 0.3 is 0 Å². The van der Waals surface area contributed by atoms with Gasteiger partial charge < -0.3 is 11.1 Å². The summed E-state index contributed by atoms with van der Waals surface area (Å²) in [7, 11) is 0. The monoisotopic (exact) mass is 222 g/mol. The quantitative estimate of drug-likeness (QED) is 0.704. The largest absolute Gasteiger partial charge is 0.370 e. The summed E-state index contributed by atoms with van der Waals surface area (Å²) in [5, 5.41) is 3.16. The summed E-state index contributed by atoms with van der Waals surface area (Å²) in [6.45, 7) is 4.62. The molecule has 1 heterocycles. The standard InChI is InChI=1S/C11H18N4O/c1-3-9-7-11(15-8(2)14-9)13-6-4-5-10(12)16/h7H,3-6H2,1-2H3,(H2,12,16)(H,13,14,15). The molecule has 0 radical (unpaired) electrons. The first-order valence-corrected chi connectivity index (χ1v) is 5.48. The van der Waals surface area contributed by atoms with Crippen LogP contribution in [0.5, 0.6) is 0 Å². The van der Waals surface area contributed by atoms with E-state index in [1.165, 1.54) is 0 Å². The first-order valence-electron chi connectivity index (χ1n) is 5.48. The molecule has 0 aromatic carbocycles. The third-order valence-corrected chi connectivity index (χ3v) is 2.16. The molecule has 0 fully saturated rings. The summed E-state index contributed by atoms with van der Waals surface area (Å²) >= 11 is 0. The van der Waals surface area contributed by atoms with Gasteiger partial charge in [-0.25, -0.2) is 9.97 Å². The van der Waals surface area contributed by atoms with Gasteiger partial charge in [0.1, 0.15) is 11.6 Å². The minimum Gasteiger partial charge on any atom is -0.370 e. The highest BCUT2D eigenvalue weighted by Crippen LogP contribution is 2.07. The van der Waals surface area contributed by atoms with E-state index < -0.39 is 0 Å². The maximum Gasteiger partial charge on any atom is 0.217 e. The maximum absolute atomic E-state index is 10.5. The van der Waals surface area contributed by atoms with E-state index in [0.717, 1.165) is 30.2 Å². The van der Waals surface area contributed by atoms with Crippen molar-refractivity contribution in [3.05, 3.63) is 17.6 Å². The summed E-state index contributed by atoms with van der Waals surface area (Å²) in [5.41, 5.74) is 6.07. The van der Waals surface area contributed by atoms with Crippen LogP contribution in [-0.2, 0) is 11.2 Å². The predicted molar refractivity (Wildman–Crippen MR) is 63.1 cm³/mol. The summed E-state index contributed by atoms with van der Waals surface area (Å²) in [6, 6.07) is 1.93. The Morgan fingerprint density at radius 3 is 2.88 bits per heavy atom. The first-order chi connectivity index (χ1) is 7.61. The lowest BCUT2D eigenvalue weighted by molar-refractivity contribution is -0.118. The number of hydrogen-bond acceptors (Lipinski definition) is 4. The van der Waals surface area contributed by atoms with Crippen LogP contribution in [0.2, 0.25) is 0 Å². The van der Waals surface area contributed by atoms with Crippen LogP contribution in [0.1, 0.15) is 31.3 Å². The van der Waals surface area contributed by atoms with Crippen LogP contribution in [0.3, 0.4) is 0 Å². The molecular weight excluding hydrogens is 204 g/mol. The number of carbonyl (C=O) groups excluding carboxylic acids is 1. The number of primary amides is 1. The molecule has 0 bridgehead atoms. The third-order valence-electron chi connectivity index (χ3n) is 2.16. The summed E-state index contributed by atoms with van der Waals surface area (Å²) in [6.07, 6.45) is 2.01. The van der Waals surface area contributed by atoms with Crippen LogP contribution in [0.15, 0.2) is 6.07 Å². The lowest BCUT2D eigenvalue weighted by Crippen LogP contribution is -2.13. The number of anilines is 1. The van der Waals surface area contributed by atoms with Gasteiger partial charge in [-0.15, -0.1) is 0 Å². The van der Waals surface area contributed by atoms with Crippen LogP contribution in [-0.4, -0.2) is 22.4 Å². The molecular formula is C11H18N4O. The molecule has 1 aromatic rings. The van der Waals surface area contributed by atoms with E-state index in [1.807, 2.05) is 13.0 Å². The average molecular weight is 222 g/mol. The highest BCUT2D eigenvalue weighted by atomic mass is 16.1. The number of carbonyl (C=O) groups is 1. The van der Waals surface area contributed by atoms with E-state index in [1.54, 1.807) is 0 Å². The summed E-state index contributed by atoms with van der Waals surface area (Å²) < 4.78 is 0. The fraction of sp³-hybridized carbons (Fsp3) is 0.545. The number of nitrogens with two attached hydrogens (primary N) is 1. The zero-order chi connectivity index (χ0) is 12.0. The normalized spacial score (nSPS) is 10.1. The zero-order valence-electron chi connectivity index (χ0n) is 9.79. The Bertz CT molecular complexity index is 365. The lowest BCUT2D eigenvalue weighted by Gasteiger charge is -2.07. The van der Waals surface area contributed by atoms with Gasteiger partial charge in [0.15, 0.2) is 0 Å².